The van der Waals surface area contributed by atoms with E-state index in [1.165, 1.54) is 9.21 Å². The molecule has 0 fully saturated rings. The lowest BCUT2D eigenvalue weighted by Crippen LogP contribution is -2.40. The second kappa shape index (κ2) is 10.1. The summed E-state index contributed by atoms with van der Waals surface area (Å²) < 4.78 is 33.1. The molecule has 0 N–H and O–H groups in total. The molecule has 2 aliphatic rings. The van der Waals surface area contributed by atoms with E-state index >= 15 is 0 Å². The van der Waals surface area contributed by atoms with E-state index in [2.05, 4.69) is 0 Å². The van der Waals surface area contributed by atoms with Crippen LogP contribution in [0.25, 0.3) is 0 Å². The molecular weight excluding hydrogens is 514 g/mol. The van der Waals surface area contributed by atoms with Gasteiger partial charge in [0.25, 0.3) is 5.91 Å². The van der Waals surface area contributed by atoms with E-state index in [1.807, 2.05) is 50.2 Å². The van der Waals surface area contributed by atoms with Crippen molar-refractivity contribution in [2.24, 2.45) is 4.99 Å². The monoisotopic (exact) mass is 543 g/mol. The molecule has 0 aromatic heterocycles. The summed E-state index contributed by atoms with van der Waals surface area (Å²) in [5.41, 5.74) is 4.48. The van der Waals surface area contributed by atoms with Crippen LogP contribution in [0.3, 0.4) is 0 Å². The van der Waals surface area contributed by atoms with Crippen LogP contribution < -0.4 is 9.21 Å². The Bertz CT molecular complexity index is 1620. The summed E-state index contributed by atoms with van der Waals surface area (Å²) >= 11 is 0. The predicted molar refractivity (Wildman–Crippen MR) is 152 cm³/mol. The second-order valence-corrected chi connectivity index (χ2v) is 11.5. The van der Waals surface area contributed by atoms with Crippen molar-refractivity contribution in [1.82, 2.24) is 0 Å². The minimum Gasteiger partial charge on any atom is -0.461 e. The van der Waals surface area contributed by atoms with Crippen LogP contribution in [0.5, 0.6) is 0 Å². The normalized spacial score (nSPS) is 18.2. The van der Waals surface area contributed by atoms with Crippen molar-refractivity contribution < 1.29 is 22.7 Å². The number of rotatable bonds is 6. The quantitative estimate of drug-likeness (QED) is 0.423. The van der Waals surface area contributed by atoms with Crippen LogP contribution in [0.15, 0.2) is 89.1 Å². The summed E-state index contributed by atoms with van der Waals surface area (Å²) in [6.45, 7) is 5.63. The molecule has 0 aliphatic carbocycles. The minimum atomic E-state index is -3.81. The smallest absolute Gasteiger partial charge is 0.355 e. The summed E-state index contributed by atoms with van der Waals surface area (Å²) in [5, 5.41) is 0. The molecule has 8 nitrogen and oxygen atoms in total. The number of benzene rings is 3. The molecule has 200 valence electrons. The van der Waals surface area contributed by atoms with Gasteiger partial charge in [-0.3, -0.25) is 14.0 Å². The van der Waals surface area contributed by atoms with Crippen LogP contribution in [0.4, 0.5) is 17.1 Å². The molecular formula is C30H29N3O5S. The Morgan fingerprint density at radius 1 is 0.974 bits per heavy atom. The molecule has 3 aromatic rings. The molecule has 3 aromatic carbocycles. The first-order valence-electron chi connectivity index (χ1n) is 12.7. The molecule has 0 spiro atoms. The number of hydrogen-bond donors (Lipinski definition) is 0. The Morgan fingerprint density at radius 2 is 1.59 bits per heavy atom. The summed E-state index contributed by atoms with van der Waals surface area (Å²) in [6.07, 6.45) is 1.39. The third-order valence-corrected chi connectivity index (χ3v) is 7.96. The lowest BCUT2D eigenvalue weighted by atomic mass is 9.98. The van der Waals surface area contributed by atoms with Gasteiger partial charge >= 0.3 is 5.97 Å². The van der Waals surface area contributed by atoms with Gasteiger partial charge in [-0.1, -0.05) is 53.6 Å². The SMILES string of the molecule is CCOC(=O)C1=C(C2Cc3ccccc3N2S(C)(=O)=O)C(=Nc2ccc(C)cc2)C(=O)N1c1ccc(C)cc1. The van der Waals surface area contributed by atoms with Crippen molar-refractivity contribution in [1.29, 1.82) is 0 Å². The van der Waals surface area contributed by atoms with Gasteiger partial charge in [0.2, 0.25) is 10.0 Å². The molecule has 0 bridgehead atoms. The highest BCUT2D eigenvalue weighted by atomic mass is 32.2. The molecule has 2 aliphatic heterocycles. The Labute approximate surface area is 228 Å². The van der Waals surface area contributed by atoms with Gasteiger partial charge in [0, 0.05) is 17.7 Å². The average Bonchev–Trinajstić information content (AvgIpc) is 3.42. The standard InChI is InChI=1S/C30H29N3O5S/c1-5-38-30(35)28-26(25-18-21-8-6-7-9-24(21)33(25)39(4,36)37)27(31-22-14-10-19(2)11-15-22)29(34)32(28)23-16-12-20(3)13-17-23/h6-17,25H,5,18H2,1-4H3. The van der Waals surface area contributed by atoms with Crippen LogP contribution >= 0.6 is 0 Å². The minimum absolute atomic E-state index is 0.00828. The molecule has 1 atom stereocenters. The topological polar surface area (TPSA) is 96.3 Å². The molecule has 5 rings (SSSR count). The van der Waals surface area contributed by atoms with Crippen LogP contribution in [0, 0.1) is 13.8 Å². The number of sulfonamides is 1. The fourth-order valence-electron chi connectivity index (χ4n) is 5.05. The van der Waals surface area contributed by atoms with Crippen LogP contribution in [-0.4, -0.2) is 44.9 Å². The van der Waals surface area contributed by atoms with Crippen LogP contribution in [-0.2, 0) is 30.8 Å². The molecule has 0 saturated heterocycles. The number of nitrogens with zero attached hydrogens (tertiary/aromatic N) is 3. The van der Waals surface area contributed by atoms with E-state index in [1.54, 1.807) is 43.3 Å². The molecule has 0 radical (unpaired) electrons. The first-order chi connectivity index (χ1) is 18.6. The highest BCUT2D eigenvalue weighted by Crippen LogP contribution is 2.42. The number of fused-ring (bicyclic) bond motifs is 1. The van der Waals surface area contributed by atoms with Gasteiger partial charge in [-0.25, -0.2) is 18.2 Å². The van der Waals surface area contributed by atoms with Gasteiger partial charge in [0.05, 0.1) is 30.3 Å². The van der Waals surface area contributed by atoms with Gasteiger partial charge in [-0.2, -0.15) is 0 Å². The number of carbonyl (C=O) groups is 2. The number of hydrogen-bond acceptors (Lipinski definition) is 6. The maximum absolute atomic E-state index is 14.2. The maximum Gasteiger partial charge on any atom is 0.355 e. The van der Waals surface area contributed by atoms with Gasteiger partial charge in [0.1, 0.15) is 11.4 Å². The van der Waals surface area contributed by atoms with E-state index < -0.39 is 27.9 Å². The lowest BCUT2D eigenvalue weighted by Gasteiger charge is -2.27. The fourth-order valence-corrected chi connectivity index (χ4v) is 6.23. The second-order valence-electron chi connectivity index (χ2n) is 9.66. The van der Waals surface area contributed by atoms with Crippen LogP contribution in [0.1, 0.15) is 23.6 Å². The van der Waals surface area contributed by atoms with E-state index in [-0.39, 0.29) is 30.0 Å². The molecule has 1 unspecified atom stereocenters. The zero-order valence-electron chi connectivity index (χ0n) is 22.2. The summed E-state index contributed by atoms with van der Waals surface area (Å²) in [6, 6.07) is 20.8. The van der Waals surface area contributed by atoms with E-state index in [9.17, 15) is 18.0 Å². The molecule has 9 heteroatoms. The first-order valence-corrected chi connectivity index (χ1v) is 14.5. The van der Waals surface area contributed by atoms with Crippen molar-refractivity contribution in [2.45, 2.75) is 33.2 Å². The molecule has 1 amide bonds. The van der Waals surface area contributed by atoms with Gasteiger partial charge in [-0.05, 0) is 56.7 Å². The Kier molecular flexibility index (Phi) is 6.86. The lowest BCUT2D eigenvalue weighted by molar-refractivity contribution is -0.139. The number of ether oxygens (including phenoxy) is 1. The number of aliphatic imine (C=N–C) groups is 1. The first kappa shape index (κ1) is 26.4. The molecule has 39 heavy (non-hydrogen) atoms. The Morgan fingerprint density at radius 3 is 2.21 bits per heavy atom. The fraction of sp³-hybridized carbons (Fsp3) is 0.233. The number of anilines is 2. The predicted octanol–water partition coefficient (Wildman–Crippen LogP) is 4.63. The average molecular weight is 544 g/mol. The summed E-state index contributed by atoms with van der Waals surface area (Å²) in [4.78, 5) is 33.7. The highest BCUT2D eigenvalue weighted by Gasteiger charge is 2.49. The third-order valence-electron chi connectivity index (χ3n) is 6.79. The number of aryl methyl sites for hydroxylation is 2. The van der Waals surface area contributed by atoms with E-state index in [4.69, 9.17) is 9.73 Å². The van der Waals surface area contributed by atoms with Crippen molar-refractivity contribution >= 4 is 44.7 Å². The van der Waals surface area contributed by atoms with Crippen molar-refractivity contribution in [2.75, 3.05) is 22.1 Å². The summed E-state index contributed by atoms with van der Waals surface area (Å²) in [5.74, 6) is -1.25. The number of para-hydroxylation sites is 1. The number of carbonyl (C=O) groups excluding carboxylic acids is 2. The Hall–Kier alpha value is -4.24. The van der Waals surface area contributed by atoms with Crippen molar-refractivity contribution in [3.8, 4) is 0 Å². The Balaban J connectivity index is 1.80. The zero-order valence-corrected chi connectivity index (χ0v) is 23.0. The largest absolute Gasteiger partial charge is 0.461 e. The van der Waals surface area contributed by atoms with Gasteiger partial charge < -0.3 is 4.74 Å². The van der Waals surface area contributed by atoms with Gasteiger partial charge in [-0.15, -0.1) is 0 Å². The number of esters is 1. The van der Waals surface area contributed by atoms with E-state index in [0.717, 1.165) is 22.9 Å². The zero-order chi connectivity index (χ0) is 27.9. The maximum atomic E-state index is 14.2. The highest BCUT2D eigenvalue weighted by molar-refractivity contribution is 7.92. The van der Waals surface area contributed by atoms with Crippen LogP contribution in [0.2, 0.25) is 0 Å². The van der Waals surface area contributed by atoms with Gasteiger partial charge in [0.15, 0.2) is 0 Å². The summed E-state index contributed by atoms with van der Waals surface area (Å²) in [7, 11) is -3.81. The van der Waals surface area contributed by atoms with Crippen molar-refractivity contribution in [3.05, 3.63) is 101 Å². The third kappa shape index (κ3) is 4.85. The number of amides is 1. The van der Waals surface area contributed by atoms with Crippen molar-refractivity contribution in [3.63, 3.8) is 0 Å². The molecule has 0 saturated carbocycles. The van der Waals surface area contributed by atoms with E-state index in [0.29, 0.717) is 17.1 Å². The molecule has 2 heterocycles.